The second-order valence-electron chi connectivity index (χ2n) is 7.81. The molecule has 3 aliphatic rings. The minimum atomic E-state index is -0.407. The summed E-state index contributed by atoms with van der Waals surface area (Å²) < 4.78 is 0. The van der Waals surface area contributed by atoms with Crippen molar-refractivity contribution in [3.8, 4) is 0 Å². The maximum Gasteiger partial charge on any atom is 0.237 e. The summed E-state index contributed by atoms with van der Waals surface area (Å²) in [6.45, 7) is 4.18. The number of hydrogen-bond acceptors (Lipinski definition) is 2. The fourth-order valence-corrected chi connectivity index (χ4v) is 5.11. The molecule has 1 aromatic rings. The van der Waals surface area contributed by atoms with Crippen molar-refractivity contribution in [3.63, 3.8) is 0 Å². The summed E-state index contributed by atoms with van der Waals surface area (Å²) >= 11 is 0. The molecule has 1 aromatic carbocycles. The second kappa shape index (κ2) is 6.47. The predicted octanol–water partition coefficient (Wildman–Crippen LogP) is 3.49. The maximum atomic E-state index is 13.2. The van der Waals surface area contributed by atoms with Crippen molar-refractivity contribution in [3.05, 3.63) is 29.8 Å². The minimum absolute atomic E-state index is 0.224. The van der Waals surface area contributed by atoms with Gasteiger partial charge in [0.25, 0.3) is 0 Å². The summed E-state index contributed by atoms with van der Waals surface area (Å²) in [5, 5.41) is 0. The lowest BCUT2D eigenvalue weighted by atomic mass is 9.73. The number of carbonyl (C=O) groups excluding carboxylic acids is 2. The van der Waals surface area contributed by atoms with Gasteiger partial charge >= 0.3 is 0 Å². The molecule has 2 aliphatic heterocycles. The summed E-state index contributed by atoms with van der Waals surface area (Å²) in [5.74, 6) is 0.795. The summed E-state index contributed by atoms with van der Waals surface area (Å²) in [6, 6.07) is 8.22. The normalized spacial score (nSPS) is 23.2. The highest BCUT2D eigenvalue weighted by atomic mass is 16.2. The quantitative estimate of drug-likeness (QED) is 0.827. The Balaban J connectivity index is 1.53. The number of amides is 2. The van der Waals surface area contributed by atoms with Crippen molar-refractivity contribution in [1.29, 1.82) is 0 Å². The van der Waals surface area contributed by atoms with E-state index in [4.69, 9.17) is 0 Å². The van der Waals surface area contributed by atoms with Gasteiger partial charge < -0.3 is 9.80 Å². The zero-order valence-electron chi connectivity index (χ0n) is 15.2. The maximum absolute atomic E-state index is 13.2. The zero-order chi connectivity index (χ0) is 17.4. The molecule has 0 unspecified atom stereocenters. The number of fused-ring (bicyclic) bond motifs is 2. The lowest BCUT2D eigenvalue weighted by Gasteiger charge is -2.40. The van der Waals surface area contributed by atoms with E-state index in [1.807, 2.05) is 28.9 Å². The Morgan fingerprint density at radius 3 is 2.48 bits per heavy atom. The van der Waals surface area contributed by atoms with Gasteiger partial charge in [0.1, 0.15) is 0 Å². The number of para-hydroxylation sites is 1. The molecular weight excluding hydrogens is 312 g/mol. The van der Waals surface area contributed by atoms with Crippen LogP contribution in [0, 0.1) is 5.92 Å². The Kier molecular flexibility index (Phi) is 4.30. The van der Waals surface area contributed by atoms with Crippen LogP contribution in [-0.2, 0) is 15.0 Å². The van der Waals surface area contributed by atoms with Crippen LogP contribution in [0.1, 0.15) is 57.4 Å². The average molecular weight is 340 g/mol. The number of nitrogens with zero attached hydrogens (tertiary/aromatic N) is 2. The monoisotopic (exact) mass is 340 g/mol. The number of piperidine rings is 1. The molecule has 1 aliphatic carbocycles. The van der Waals surface area contributed by atoms with Crippen LogP contribution >= 0.6 is 0 Å². The van der Waals surface area contributed by atoms with Gasteiger partial charge in [-0.2, -0.15) is 0 Å². The fourth-order valence-electron chi connectivity index (χ4n) is 5.11. The second-order valence-corrected chi connectivity index (χ2v) is 7.81. The minimum Gasteiger partial charge on any atom is -0.342 e. The molecule has 2 fully saturated rings. The number of likely N-dealkylation sites (N-methyl/N-ethyl adjacent to an activating group) is 1. The summed E-state index contributed by atoms with van der Waals surface area (Å²) in [6.07, 6.45) is 7.26. The van der Waals surface area contributed by atoms with Gasteiger partial charge in [0.05, 0.1) is 5.41 Å². The molecule has 0 aromatic heterocycles. The van der Waals surface area contributed by atoms with E-state index >= 15 is 0 Å². The number of likely N-dealkylation sites (tertiary alicyclic amines) is 1. The van der Waals surface area contributed by atoms with E-state index in [0.717, 1.165) is 31.4 Å². The van der Waals surface area contributed by atoms with Gasteiger partial charge in [-0.25, -0.2) is 0 Å². The van der Waals surface area contributed by atoms with E-state index in [9.17, 15) is 9.59 Å². The van der Waals surface area contributed by atoms with Crippen molar-refractivity contribution >= 4 is 17.5 Å². The molecule has 1 saturated heterocycles. The van der Waals surface area contributed by atoms with E-state index in [-0.39, 0.29) is 11.8 Å². The molecular formula is C21H28N2O2. The SMILES string of the molecule is CCN1C(=O)C2(CCN(C(=O)C3CCCCC3)CC2)c2ccccc21. The third kappa shape index (κ3) is 2.57. The van der Waals surface area contributed by atoms with Crippen LogP contribution < -0.4 is 4.90 Å². The fraction of sp³-hybridized carbons (Fsp3) is 0.619. The number of rotatable bonds is 2. The molecule has 4 rings (SSSR count). The first-order chi connectivity index (χ1) is 12.2. The van der Waals surface area contributed by atoms with Crippen molar-refractivity contribution < 1.29 is 9.59 Å². The molecule has 4 heteroatoms. The molecule has 0 N–H and O–H groups in total. The van der Waals surface area contributed by atoms with Crippen molar-refractivity contribution in [2.45, 2.75) is 57.3 Å². The predicted molar refractivity (Wildman–Crippen MR) is 98.5 cm³/mol. The van der Waals surface area contributed by atoms with Gasteiger partial charge in [0.15, 0.2) is 0 Å². The number of hydrogen-bond donors (Lipinski definition) is 0. The van der Waals surface area contributed by atoms with Crippen LogP contribution in [0.15, 0.2) is 24.3 Å². The Hall–Kier alpha value is -1.84. The standard InChI is InChI=1S/C21H28N2O2/c1-2-23-18-11-7-6-10-17(18)21(20(23)25)12-14-22(15-13-21)19(24)16-8-4-3-5-9-16/h6-7,10-11,16H,2-5,8-9,12-15H2,1H3. The topological polar surface area (TPSA) is 40.6 Å². The van der Waals surface area contributed by atoms with E-state index in [2.05, 4.69) is 12.1 Å². The smallest absolute Gasteiger partial charge is 0.237 e. The van der Waals surface area contributed by atoms with Crippen molar-refractivity contribution in [2.75, 3.05) is 24.5 Å². The third-order valence-corrected chi connectivity index (χ3v) is 6.56. The molecule has 2 amide bonds. The van der Waals surface area contributed by atoms with Crippen molar-refractivity contribution in [1.82, 2.24) is 4.90 Å². The first-order valence-corrected chi connectivity index (χ1v) is 9.87. The highest BCUT2D eigenvalue weighted by Crippen LogP contribution is 2.48. The van der Waals surface area contributed by atoms with Crippen LogP contribution in [0.2, 0.25) is 0 Å². The molecule has 0 bridgehead atoms. The van der Waals surface area contributed by atoms with Gasteiger partial charge in [0, 0.05) is 31.2 Å². The molecule has 25 heavy (non-hydrogen) atoms. The van der Waals surface area contributed by atoms with Gasteiger partial charge in [-0.1, -0.05) is 37.5 Å². The van der Waals surface area contributed by atoms with E-state index in [0.29, 0.717) is 25.5 Å². The Bertz CT molecular complexity index is 670. The van der Waals surface area contributed by atoms with Gasteiger partial charge in [0.2, 0.25) is 11.8 Å². The number of carbonyl (C=O) groups is 2. The molecule has 1 saturated carbocycles. The van der Waals surface area contributed by atoms with Crippen LogP contribution in [0.5, 0.6) is 0 Å². The Morgan fingerprint density at radius 1 is 1.12 bits per heavy atom. The van der Waals surface area contributed by atoms with E-state index in [1.165, 1.54) is 24.8 Å². The Morgan fingerprint density at radius 2 is 1.80 bits per heavy atom. The van der Waals surface area contributed by atoms with E-state index < -0.39 is 5.41 Å². The number of anilines is 1. The number of benzene rings is 1. The molecule has 0 atom stereocenters. The van der Waals surface area contributed by atoms with Crippen LogP contribution in [0.3, 0.4) is 0 Å². The lowest BCUT2D eigenvalue weighted by Crippen LogP contribution is -2.51. The average Bonchev–Trinajstić information content (AvgIpc) is 2.91. The molecule has 0 radical (unpaired) electrons. The first-order valence-electron chi connectivity index (χ1n) is 9.87. The molecule has 134 valence electrons. The molecule has 2 heterocycles. The summed E-state index contributed by atoms with van der Waals surface area (Å²) in [7, 11) is 0. The summed E-state index contributed by atoms with van der Waals surface area (Å²) in [5.41, 5.74) is 1.84. The lowest BCUT2D eigenvalue weighted by molar-refractivity contribution is -0.140. The zero-order valence-corrected chi connectivity index (χ0v) is 15.2. The van der Waals surface area contributed by atoms with Crippen LogP contribution in [-0.4, -0.2) is 36.3 Å². The first kappa shape index (κ1) is 16.6. The molecule has 1 spiro atoms. The van der Waals surface area contributed by atoms with Crippen molar-refractivity contribution in [2.24, 2.45) is 5.92 Å². The summed E-state index contributed by atoms with van der Waals surface area (Å²) in [4.78, 5) is 30.0. The van der Waals surface area contributed by atoms with E-state index in [1.54, 1.807) is 0 Å². The highest BCUT2D eigenvalue weighted by Gasteiger charge is 2.52. The van der Waals surface area contributed by atoms with Gasteiger partial charge in [-0.05, 0) is 44.2 Å². The largest absolute Gasteiger partial charge is 0.342 e. The third-order valence-electron chi connectivity index (χ3n) is 6.56. The molecule has 4 nitrogen and oxygen atoms in total. The highest BCUT2D eigenvalue weighted by molar-refractivity contribution is 6.08. The van der Waals surface area contributed by atoms with Crippen LogP contribution in [0.4, 0.5) is 5.69 Å². The van der Waals surface area contributed by atoms with Gasteiger partial charge in [-0.15, -0.1) is 0 Å². The van der Waals surface area contributed by atoms with Gasteiger partial charge in [-0.3, -0.25) is 9.59 Å². The Labute approximate surface area is 150 Å². The van der Waals surface area contributed by atoms with Crippen LogP contribution in [0.25, 0.3) is 0 Å².